The fraction of sp³-hybridized carbons (Fsp3) is 0.412. The Morgan fingerprint density at radius 1 is 1.28 bits per heavy atom. The molecule has 7 nitrogen and oxygen atoms in total. The maximum Gasteiger partial charge on any atom is 0.320 e. The van der Waals surface area contributed by atoms with E-state index < -0.39 is 0 Å². The molecule has 8 heteroatoms. The number of nitrogens with one attached hydrogen (secondary N) is 2. The van der Waals surface area contributed by atoms with Crippen molar-refractivity contribution in [3.63, 3.8) is 0 Å². The number of methoxy groups -OCH3 is 2. The standard InChI is InChI=1S/C17H22N4O3S/c1-21-16(12-9-25-10-13(12)20-21)19-17(22)18-7-6-11-4-5-14(23-2)15(8-11)24-3/h4-5,8H,6-7,9-10H2,1-3H3,(H2,18,19,22). The number of ether oxygens (including phenoxy) is 2. The van der Waals surface area contributed by atoms with Gasteiger partial charge < -0.3 is 14.8 Å². The van der Waals surface area contributed by atoms with E-state index in [1.54, 1.807) is 18.9 Å². The molecule has 0 radical (unpaired) electrons. The Morgan fingerprint density at radius 2 is 2.08 bits per heavy atom. The molecule has 134 valence electrons. The van der Waals surface area contributed by atoms with Gasteiger partial charge in [0.15, 0.2) is 11.5 Å². The lowest BCUT2D eigenvalue weighted by molar-refractivity contribution is 0.252. The van der Waals surface area contributed by atoms with Crippen molar-refractivity contribution in [3.8, 4) is 11.5 Å². The third-order valence-corrected chi connectivity index (χ3v) is 5.06. The van der Waals surface area contributed by atoms with Gasteiger partial charge in [-0.25, -0.2) is 4.79 Å². The van der Waals surface area contributed by atoms with Gasteiger partial charge >= 0.3 is 6.03 Å². The highest BCUT2D eigenvalue weighted by Gasteiger charge is 2.22. The van der Waals surface area contributed by atoms with Crippen LogP contribution in [-0.4, -0.2) is 36.6 Å². The molecule has 0 saturated carbocycles. The zero-order valence-electron chi connectivity index (χ0n) is 14.6. The number of aryl methyl sites for hydroxylation is 1. The number of carbonyl (C=O) groups excluding carboxylic acids is 1. The summed E-state index contributed by atoms with van der Waals surface area (Å²) < 4.78 is 12.3. The average Bonchev–Trinajstić information content (AvgIpc) is 3.17. The summed E-state index contributed by atoms with van der Waals surface area (Å²) in [6.07, 6.45) is 0.702. The molecule has 0 aliphatic carbocycles. The van der Waals surface area contributed by atoms with Crippen molar-refractivity contribution >= 4 is 23.6 Å². The van der Waals surface area contributed by atoms with Gasteiger partial charge in [0.1, 0.15) is 5.82 Å². The third-order valence-electron chi connectivity index (χ3n) is 4.09. The van der Waals surface area contributed by atoms with Crippen molar-refractivity contribution < 1.29 is 14.3 Å². The Morgan fingerprint density at radius 3 is 2.84 bits per heavy atom. The molecule has 0 fully saturated rings. The molecule has 0 saturated heterocycles. The Kier molecular flexibility index (Phi) is 5.37. The second kappa shape index (κ2) is 7.69. The minimum absolute atomic E-state index is 0.219. The van der Waals surface area contributed by atoms with Gasteiger partial charge in [0, 0.05) is 30.7 Å². The number of hydrogen-bond acceptors (Lipinski definition) is 5. The highest BCUT2D eigenvalue weighted by atomic mass is 32.2. The van der Waals surface area contributed by atoms with E-state index >= 15 is 0 Å². The zero-order chi connectivity index (χ0) is 17.8. The number of amides is 2. The summed E-state index contributed by atoms with van der Waals surface area (Å²) in [5, 5.41) is 10.2. The lowest BCUT2D eigenvalue weighted by atomic mass is 10.1. The van der Waals surface area contributed by atoms with Gasteiger partial charge in [0.25, 0.3) is 0 Å². The molecule has 25 heavy (non-hydrogen) atoms. The summed E-state index contributed by atoms with van der Waals surface area (Å²) in [7, 11) is 5.07. The van der Waals surface area contributed by atoms with Crippen molar-refractivity contribution in [2.24, 2.45) is 7.05 Å². The average molecular weight is 362 g/mol. The summed E-state index contributed by atoms with van der Waals surface area (Å²) in [4.78, 5) is 12.2. The topological polar surface area (TPSA) is 77.4 Å². The highest BCUT2D eigenvalue weighted by molar-refractivity contribution is 7.98. The fourth-order valence-electron chi connectivity index (χ4n) is 2.81. The molecular formula is C17H22N4O3S. The minimum atomic E-state index is -0.219. The summed E-state index contributed by atoms with van der Waals surface area (Å²) in [6, 6.07) is 5.53. The molecular weight excluding hydrogens is 340 g/mol. The molecule has 0 bridgehead atoms. The second-order valence-corrected chi connectivity index (χ2v) is 6.70. The van der Waals surface area contributed by atoms with Crippen molar-refractivity contribution in [1.82, 2.24) is 15.1 Å². The van der Waals surface area contributed by atoms with Crippen molar-refractivity contribution in [3.05, 3.63) is 35.0 Å². The van der Waals surface area contributed by atoms with E-state index in [1.165, 1.54) is 0 Å². The van der Waals surface area contributed by atoms with Crippen molar-refractivity contribution in [2.75, 3.05) is 26.1 Å². The molecule has 0 spiro atoms. The molecule has 2 aromatic rings. The van der Waals surface area contributed by atoms with Gasteiger partial charge in [0.2, 0.25) is 0 Å². The van der Waals surface area contributed by atoms with Gasteiger partial charge in [-0.2, -0.15) is 16.9 Å². The van der Waals surface area contributed by atoms with Crippen LogP contribution in [-0.2, 0) is 25.0 Å². The van der Waals surface area contributed by atoms with Gasteiger partial charge in [-0.1, -0.05) is 6.07 Å². The van der Waals surface area contributed by atoms with Crippen LogP contribution in [0.4, 0.5) is 10.6 Å². The molecule has 1 aromatic heterocycles. The summed E-state index contributed by atoms with van der Waals surface area (Å²) >= 11 is 1.81. The zero-order valence-corrected chi connectivity index (χ0v) is 15.4. The smallest absolute Gasteiger partial charge is 0.320 e. The van der Waals surface area contributed by atoms with Gasteiger partial charge in [0.05, 0.1) is 19.9 Å². The molecule has 3 rings (SSSR count). The third kappa shape index (κ3) is 3.84. The summed E-state index contributed by atoms with van der Waals surface area (Å²) in [6.45, 7) is 0.524. The number of rotatable bonds is 6. The number of benzene rings is 1. The van der Waals surface area contributed by atoms with E-state index in [4.69, 9.17) is 9.47 Å². The SMILES string of the molecule is COc1ccc(CCNC(=O)Nc2c3c(nn2C)CSC3)cc1OC. The fourth-order valence-corrected chi connectivity index (χ4v) is 3.84. The van der Waals surface area contributed by atoms with E-state index in [1.807, 2.05) is 37.0 Å². The number of hydrogen-bond donors (Lipinski definition) is 2. The molecule has 1 aromatic carbocycles. The van der Waals surface area contributed by atoms with Crippen LogP contribution < -0.4 is 20.1 Å². The van der Waals surface area contributed by atoms with Crippen LogP contribution in [0.25, 0.3) is 0 Å². The number of fused-ring (bicyclic) bond motifs is 1. The quantitative estimate of drug-likeness (QED) is 0.826. The number of urea groups is 1. The summed E-state index contributed by atoms with van der Waals surface area (Å²) in [5.74, 6) is 3.96. The number of carbonyl (C=O) groups is 1. The van der Waals surface area contributed by atoms with Gasteiger partial charge in [-0.15, -0.1) is 0 Å². The Balaban J connectivity index is 1.53. The maximum absolute atomic E-state index is 12.2. The molecule has 1 aliphatic heterocycles. The van der Waals surface area contributed by atoms with E-state index in [2.05, 4.69) is 15.7 Å². The van der Waals surface area contributed by atoms with Crippen LogP contribution in [0.5, 0.6) is 11.5 Å². The minimum Gasteiger partial charge on any atom is -0.493 e. The molecule has 2 amide bonds. The number of anilines is 1. The predicted octanol–water partition coefficient (Wildman–Crippen LogP) is 2.55. The highest BCUT2D eigenvalue weighted by Crippen LogP contribution is 2.34. The van der Waals surface area contributed by atoms with Gasteiger partial charge in [-0.05, 0) is 24.1 Å². The molecule has 1 aliphatic rings. The number of aromatic nitrogens is 2. The Bertz CT molecular complexity index is 775. The number of nitrogens with zero attached hydrogens (tertiary/aromatic N) is 2. The second-order valence-electron chi connectivity index (χ2n) is 5.71. The van der Waals surface area contributed by atoms with Crippen LogP contribution in [0.1, 0.15) is 16.8 Å². The normalized spacial score (nSPS) is 12.6. The first-order valence-electron chi connectivity index (χ1n) is 8.00. The largest absolute Gasteiger partial charge is 0.493 e. The first-order valence-corrected chi connectivity index (χ1v) is 9.16. The van der Waals surface area contributed by atoms with Crippen LogP contribution in [0.15, 0.2) is 18.2 Å². The van der Waals surface area contributed by atoms with E-state index in [9.17, 15) is 4.79 Å². The number of thioether (sulfide) groups is 1. The maximum atomic E-state index is 12.2. The van der Waals surface area contributed by atoms with E-state index in [0.717, 1.165) is 34.1 Å². The van der Waals surface area contributed by atoms with E-state index in [-0.39, 0.29) is 6.03 Å². The summed E-state index contributed by atoms with van der Waals surface area (Å²) in [5.41, 5.74) is 3.26. The van der Waals surface area contributed by atoms with Crippen LogP contribution in [0, 0.1) is 0 Å². The van der Waals surface area contributed by atoms with Crippen molar-refractivity contribution in [2.45, 2.75) is 17.9 Å². The predicted molar refractivity (Wildman–Crippen MR) is 98.5 cm³/mol. The Labute approximate surface area is 151 Å². The van der Waals surface area contributed by atoms with Crippen LogP contribution in [0.2, 0.25) is 0 Å². The van der Waals surface area contributed by atoms with Crippen LogP contribution >= 0.6 is 11.8 Å². The monoisotopic (exact) mass is 362 g/mol. The lowest BCUT2D eigenvalue weighted by Crippen LogP contribution is -2.31. The lowest BCUT2D eigenvalue weighted by Gasteiger charge is -2.11. The Hall–Kier alpha value is -2.35. The van der Waals surface area contributed by atoms with Crippen LogP contribution in [0.3, 0.4) is 0 Å². The van der Waals surface area contributed by atoms with E-state index in [0.29, 0.717) is 24.5 Å². The van der Waals surface area contributed by atoms with Crippen molar-refractivity contribution in [1.29, 1.82) is 0 Å². The first kappa shape index (κ1) is 17.5. The molecule has 0 unspecified atom stereocenters. The molecule has 2 heterocycles. The van der Waals surface area contributed by atoms with Gasteiger partial charge in [-0.3, -0.25) is 10.00 Å². The molecule has 2 N–H and O–H groups in total. The first-order chi connectivity index (χ1) is 12.1. The molecule has 0 atom stereocenters.